The minimum atomic E-state index is -0.128. The van der Waals surface area contributed by atoms with Crippen molar-refractivity contribution in [1.29, 1.82) is 0 Å². The zero-order chi connectivity index (χ0) is 14.5. The quantitative estimate of drug-likeness (QED) is 0.537. The van der Waals surface area contributed by atoms with Crippen LogP contribution in [-0.4, -0.2) is 37.7 Å². The molecule has 0 bridgehead atoms. The normalized spacial score (nSPS) is 12.7. The minimum Gasteiger partial charge on any atom is -0.381 e. The van der Waals surface area contributed by atoms with Crippen molar-refractivity contribution in [3.63, 3.8) is 0 Å². The highest BCUT2D eigenvalue weighted by atomic mass is 16.5. The van der Waals surface area contributed by atoms with Crippen LogP contribution in [0.4, 0.5) is 0 Å². The van der Waals surface area contributed by atoms with E-state index in [4.69, 9.17) is 4.74 Å². The molecular formula is C15H32N2O2. The van der Waals surface area contributed by atoms with Crippen LogP contribution in [-0.2, 0) is 9.53 Å². The summed E-state index contributed by atoms with van der Waals surface area (Å²) in [5.41, 5.74) is 0. The highest BCUT2D eigenvalue weighted by molar-refractivity contribution is 5.81. The largest absolute Gasteiger partial charge is 0.381 e. The Labute approximate surface area is 118 Å². The summed E-state index contributed by atoms with van der Waals surface area (Å²) in [6.45, 7) is 10.7. The molecule has 1 amide bonds. The molecule has 0 rings (SSSR count). The number of rotatable bonds is 12. The number of unbranched alkanes of at least 4 members (excludes halogenated alkanes) is 1. The van der Waals surface area contributed by atoms with Gasteiger partial charge in [0.1, 0.15) is 0 Å². The van der Waals surface area contributed by atoms with Crippen molar-refractivity contribution < 1.29 is 9.53 Å². The molecule has 0 fully saturated rings. The third-order valence-electron chi connectivity index (χ3n) is 3.28. The summed E-state index contributed by atoms with van der Waals surface area (Å²) in [4.78, 5) is 11.9. The van der Waals surface area contributed by atoms with E-state index < -0.39 is 0 Å². The fourth-order valence-electron chi connectivity index (χ4n) is 1.75. The monoisotopic (exact) mass is 272 g/mol. The first kappa shape index (κ1) is 18.4. The summed E-state index contributed by atoms with van der Waals surface area (Å²) in [5.74, 6) is 0.0978. The number of hydrogen-bond acceptors (Lipinski definition) is 3. The van der Waals surface area contributed by atoms with Crippen molar-refractivity contribution in [3.8, 4) is 0 Å². The Hall–Kier alpha value is -0.610. The van der Waals surface area contributed by atoms with E-state index in [1.165, 1.54) is 6.42 Å². The summed E-state index contributed by atoms with van der Waals surface area (Å²) < 4.78 is 5.48. The molecule has 0 heterocycles. The maximum Gasteiger partial charge on any atom is 0.237 e. The Morgan fingerprint density at radius 2 is 1.74 bits per heavy atom. The molecule has 0 aliphatic rings. The van der Waals surface area contributed by atoms with Crippen LogP contribution in [0.15, 0.2) is 0 Å². The van der Waals surface area contributed by atoms with Crippen LogP contribution >= 0.6 is 0 Å². The smallest absolute Gasteiger partial charge is 0.237 e. The van der Waals surface area contributed by atoms with Crippen LogP contribution in [0.1, 0.15) is 59.8 Å². The van der Waals surface area contributed by atoms with Crippen LogP contribution in [0.2, 0.25) is 0 Å². The van der Waals surface area contributed by atoms with Gasteiger partial charge in [-0.2, -0.15) is 0 Å². The second kappa shape index (κ2) is 12.4. The summed E-state index contributed by atoms with van der Waals surface area (Å²) in [6.07, 6.45) is 5.22. The number of hydrogen-bond donors (Lipinski definition) is 2. The van der Waals surface area contributed by atoms with Crippen molar-refractivity contribution in [2.75, 3.05) is 19.8 Å². The van der Waals surface area contributed by atoms with Gasteiger partial charge in [-0.1, -0.05) is 27.2 Å². The molecule has 0 aromatic rings. The average molecular weight is 272 g/mol. The number of carbonyl (C=O) groups is 1. The Balaban J connectivity index is 3.56. The molecule has 114 valence electrons. The van der Waals surface area contributed by atoms with Crippen molar-refractivity contribution in [2.45, 2.75) is 71.9 Å². The number of nitrogens with one attached hydrogen (secondary N) is 2. The van der Waals surface area contributed by atoms with E-state index in [-0.39, 0.29) is 11.9 Å². The highest BCUT2D eigenvalue weighted by Gasteiger charge is 2.14. The standard InChI is InChI=1S/C15H32N2O2/c1-5-8-11-19-12-9-10-16-13(4)15(18)17-14(6-2)7-3/h13-14,16H,5-12H2,1-4H3,(H,17,18). The van der Waals surface area contributed by atoms with Crippen molar-refractivity contribution in [1.82, 2.24) is 10.6 Å². The summed E-state index contributed by atoms with van der Waals surface area (Å²) in [7, 11) is 0. The van der Waals surface area contributed by atoms with E-state index in [0.717, 1.165) is 45.4 Å². The minimum absolute atomic E-state index is 0.0978. The van der Waals surface area contributed by atoms with Crippen molar-refractivity contribution in [2.24, 2.45) is 0 Å². The number of carbonyl (C=O) groups excluding carboxylic acids is 1. The Bertz CT molecular complexity index is 218. The number of amides is 1. The lowest BCUT2D eigenvalue weighted by Gasteiger charge is -2.19. The second-order valence-electron chi connectivity index (χ2n) is 5.02. The van der Waals surface area contributed by atoms with Crippen LogP contribution in [0.5, 0.6) is 0 Å². The van der Waals surface area contributed by atoms with Gasteiger partial charge in [0.15, 0.2) is 0 Å². The van der Waals surface area contributed by atoms with Crippen LogP contribution in [0, 0.1) is 0 Å². The van der Waals surface area contributed by atoms with Crippen molar-refractivity contribution >= 4 is 5.91 Å². The second-order valence-corrected chi connectivity index (χ2v) is 5.02. The van der Waals surface area contributed by atoms with Gasteiger partial charge in [0.25, 0.3) is 0 Å². The molecule has 1 unspecified atom stereocenters. The SMILES string of the molecule is CCCCOCCCNC(C)C(=O)NC(CC)CC. The van der Waals surface area contributed by atoms with Crippen LogP contribution in [0.25, 0.3) is 0 Å². The molecule has 1 atom stereocenters. The van der Waals surface area contributed by atoms with Gasteiger partial charge in [-0.3, -0.25) is 4.79 Å². The summed E-state index contributed by atoms with van der Waals surface area (Å²) >= 11 is 0. The molecule has 0 aromatic heterocycles. The molecule has 0 saturated heterocycles. The topological polar surface area (TPSA) is 50.4 Å². The van der Waals surface area contributed by atoms with Gasteiger partial charge < -0.3 is 15.4 Å². The predicted octanol–water partition coefficient (Wildman–Crippen LogP) is 2.48. The fourth-order valence-corrected chi connectivity index (χ4v) is 1.75. The van der Waals surface area contributed by atoms with Gasteiger partial charge in [0.2, 0.25) is 5.91 Å². The first-order chi connectivity index (χ1) is 9.15. The van der Waals surface area contributed by atoms with E-state index >= 15 is 0 Å². The Morgan fingerprint density at radius 3 is 2.32 bits per heavy atom. The summed E-state index contributed by atoms with van der Waals surface area (Å²) in [5, 5.41) is 6.29. The maximum atomic E-state index is 11.9. The van der Waals surface area contributed by atoms with Crippen LogP contribution < -0.4 is 10.6 Å². The lowest BCUT2D eigenvalue weighted by Crippen LogP contribution is -2.46. The highest BCUT2D eigenvalue weighted by Crippen LogP contribution is 1.97. The third-order valence-corrected chi connectivity index (χ3v) is 3.28. The van der Waals surface area contributed by atoms with E-state index in [0.29, 0.717) is 6.04 Å². The molecule has 0 aliphatic heterocycles. The number of ether oxygens (including phenoxy) is 1. The molecule has 19 heavy (non-hydrogen) atoms. The Kier molecular flexibility index (Phi) is 12.0. The van der Waals surface area contributed by atoms with E-state index in [2.05, 4.69) is 31.4 Å². The lowest BCUT2D eigenvalue weighted by atomic mass is 10.1. The molecular weight excluding hydrogens is 240 g/mol. The zero-order valence-corrected chi connectivity index (χ0v) is 13.1. The molecule has 0 saturated carbocycles. The molecule has 0 radical (unpaired) electrons. The van der Waals surface area contributed by atoms with Gasteiger partial charge in [-0.25, -0.2) is 0 Å². The lowest BCUT2D eigenvalue weighted by molar-refractivity contribution is -0.123. The molecule has 2 N–H and O–H groups in total. The molecule has 0 aromatic carbocycles. The van der Waals surface area contributed by atoms with Gasteiger partial charge in [-0.05, 0) is 39.2 Å². The van der Waals surface area contributed by atoms with Crippen LogP contribution in [0.3, 0.4) is 0 Å². The van der Waals surface area contributed by atoms with E-state index in [9.17, 15) is 4.79 Å². The van der Waals surface area contributed by atoms with Gasteiger partial charge >= 0.3 is 0 Å². The van der Waals surface area contributed by atoms with Gasteiger partial charge in [0.05, 0.1) is 6.04 Å². The average Bonchev–Trinajstić information content (AvgIpc) is 2.43. The summed E-state index contributed by atoms with van der Waals surface area (Å²) in [6, 6.07) is 0.172. The van der Waals surface area contributed by atoms with Crippen molar-refractivity contribution in [3.05, 3.63) is 0 Å². The van der Waals surface area contributed by atoms with E-state index in [1.807, 2.05) is 6.92 Å². The first-order valence-electron chi connectivity index (χ1n) is 7.77. The fraction of sp³-hybridized carbons (Fsp3) is 0.933. The molecule has 4 heteroatoms. The zero-order valence-electron chi connectivity index (χ0n) is 13.1. The molecule has 0 spiro atoms. The Morgan fingerprint density at radius 1 is 1.11 bits per heavy atom. The van der Waals surface area contributed by atoms with Gasteiger partial charge in [-0.15, -0.1) is 0 Å². The molecule has 0 aliphatic carbocycles. The first-order valence-corrected chi connectivity index (χ1v) is 7.77. The third kappa shape index (κ3) is 9.91. The predicted molar refractivity (Wildman–Crippen MR) is 80.3 cm³/mol. The maximum absolute atomic E-state index is 11.9. The molecule has 4 nitrogen and oxygen atoms in total. The van der Waals surface area contributed by atoms with E-state index in [1.54, 1.807) is 0 Å². The van der Waals surface area contributed by atoms with Gasteiger partial charge in [0, 0.05) is 19.3 Å².